The van der Waals surface area contributed by atoms with Gasteiger partial charge in [-0.3, -0.25) is 19.5 Å². The molecule has 4 rings (SSSR count). The number of aryl methyl sites for hydroxylation is 1. The van der Waals surface area contributed by atoms with Crippen LogP contribution in [0.1, 0.15) is 12.8 Å². The number of benzene rings is 2. The Morgan fingerprint density at radius 2 is 2.03 bits per heavy atom. The third-order valence-corrected chi connectivity index (χ3v) is 5.30. The van der Waals surface area contributed by atoms with Gasteiger partial charge in [0.05, 0.1) is 22.2 Å². The fraction of sp³-hybridized carbons (Fsp3) is 0.150. The van der Waals surface area contributed by atoms with Crippen molar-refractivity contribution in [2.75, 3.05) is 5.32 Å². The van der Waals surface area contributed by atoms with E-state index in [4.69, 9.17) is 4.42 Å². The maximum Gasteiger partial charge on any atom is 0.419 e. The van der Waals surface area contributed by atoms with E-state index < -0.39 is 10.7 Å². The van der Waals surface area contributed by atoms with Crippen molar-refractivity contribution >= 4 is 39.2 Å². The van der Waals surface area contributed by atoms with Gasteiger partial charge in [0.2, 0.25) is 5.91 Å². The molecule has 0 radical (unpaired) electrons. The van der Waals surface area contributed by atoms with Crippen LogP contribution in [0.3, 0.4) is 0 Å². The molecular weight excluding hydrogens is 427 g/mol. The van der Waals surface area contributed by atoms with Crippen molar-refractivity contribution in [3.63, 3.8) is 0 Å². The molecule has 0 atom stereocenters. The van der Waals surface area contributed by atoms with Crippen LogP contribution in [0.5, 0.6) is 0 Å². The molecule has 9 nitrogen and oxygen atoms in total. The monoisotopic (exact) mass is 442 g/mol. The van der Waals surface area contributed by atoms with Crippen molar-refractivity contribution in [3.8, 4) is 11.3 Å². The second kappa shape index (κ2) is 8.48. The first-order valence-electron chi connectivity index (χ1n) is 9.20. The molecule has 0 bridgehead atoms. The third-order valence-electron chi connectivity index (χ3n) is 4.54. The van der Waals surface area contributed by atoms with Crippen LogP contribution in [0.4, 0.5) is 15.2 Å². The molecule has 31 heavy (non-hydrogen) atoms. The van der Waals surface area contributed by atoms with E-state index in [1.165, 1.54) is 46.2 Å². The summed E-state index contributed by atoms with van der Waals surface area (Å²) in [6.07, 6.45) is 0.491. The largest absolute Gasteiger partial charge is 0.419 e. The van der Waals surface area contributed by atoms with E-state index in [-0.39, 0.29) is 36.0 Å². The van der Waals surface area contributed by atoms with Gasteiger partial charge in [0.15, 0.2) is 10.7 Å². The number of amides is 1. The number of oxazole rings is 1. The summed E-state index contributed by atoms with van der Waals surface area (Å²) in [5, 5.41) is 15.7. The Bertz CT molecular complexity index is 1330. The highest BCUT2D eigenvalue weighted by atomic mass is 32.1. The molecule has 0 aliphatic heterocycles. The van der Waals surface area contributed by atoms with Crippen LogP contribution >= 0.6 is 11.3 Å². The zero-order valence-electron chi connectivity index (χ0n) is 15.9. The number of aromatic nitrogens is 2. The SMILES string of the molecule is O=C(CCCn1c(=O)oc2cc([N+](=O)[O-])ccc21)Nc1nc(-c2ccc(F)cc2)cs1. The Hall–Kier alpha value is -3.86. The van der Waals surface area contributed by atoms with Crippen molar-refractivity contribution in [2.45, 2.75) is 19.4 Å². The van der Waals surface area contributed by atoms with Crippen molar-refractivity contribution in [3.05, 3.63) is 74.3 Å². The van der Waals surface area contributed by atoms with Crippen LogP contribution in [0.25, 0.3) is 22.4 Å². The minimum Gasteiger partial charge on any atom is -0.407 e. The summed E-state index contributed by atoms with van der Waals surface area (Å²) < 4.78 is 19.4. The highest BCUT2D eigenvalue weighted by Crippen LogP contribution is 2.25. The molecule has 0 unspecified atom stereocenters. The summed E-state index contributed by atoms with van der Waals surface area (Å²) in [6, 6.07) is 9.84. The number of non-ortho nitro benzene ring substituents is 1. The van der Waals surface area contributed by atoms with Crippen LogP contribution in [0.2, 0.25) is 0 Å². The van der Waals surface area contributed by atoms with Gasteiger partial charge in [-0.25, -0.2) is 14.2 Å². The van der Waals surface area contributed by atoms with Crippen LogP contribution < -0.4 is 11.1 Å². The molecule has 0 aliphatic carbocycles. The fourth-order valence-electron chi connectivity index (χ4n) is 3.04. The number of thiazole rings is 1. The highest BCUT2D eigenvalue weighted by molar-refractivity contribution is 7.14. The zero-order valence-corrected chi connectivity index (χ0v) is 16.7. The van der Waals surface area contributed by atoms with Crippen molar-refractivity contribution in [2.24, 2.45) is 0 Å². The van der Waals surface area contributed by atoms with Crippen LogP contribution in [-0.2, 0) is 11.3 Å². The summed E-state index contributed by atoms with van der Waals surface area (Å²) >= 11 is 1.25. The molecular formula is C20H15FN4O5S. The minimum absolute atomic E-state index is 0.125. The number of nitrogens with zero attached hydrogens (tertiary/aromatic N) is 3. The van der Waals surface area contributed by atoms with Gasteiger partial charge in [-0.15, -0.1) is 11.3 Å². The number of halogens is 1. The second-order valence-corrected chi connectivity index (χ2v) is 7.48. The van der Waals surface area contributed by atoms with Gasteiger partial charge in [-0.1, -0.05) is 0 Å². The normalized spacial score (nSPS) is 11.0. The first-order valence-corrected chi connectivity index (χ1v) is 10.1. The summed E-state index contributed by atoms with van der Waals surface area (Å²) in [7, 11) is 0. The smallest absolute Gasteiger partial charge is 0.407 e. The van der Waals surface area contributed by atoms with Gasteiger partial charge >= 0.3 is 5.76 Å². The topological polar surface area (TPSA) is 120 Å². The van der Waals surface area contributed by atoms with E-state index in [0.717, 1.165) is 5.56 Å². The molecule has 0 fully saturated rings. The second-order valence-electron chi connectivity index (χ2n) is 6.63. The van der Waals surface area contributed by atoms with E-state index in [1.807, 2.05) is 0 Å². The number of nitro groups is 1. The summed E-state index contributed by atoms with van der Waals surface area (Å²) in [5.41, 5.74) is 1.76. The summed E-state index contributed by atoms with van der Waals surface area (Å²) in [4.78, 5) is 38.9. The lowest BCUT2D eigenvalue weighted by Crippen LogP contribution is -2.17. The van der Waals surface area contributed by atoms with E-state index in [0.29, 0.717) is 22.8 Å². The van der Waals surface area contributed by atoms with Gasteiger partial charge in [-0.2, -0.15) is 0 Å². The maximum absolute atomic E-state index is 13.0. The average Bonchev–Trinajstić information content (AvgIpc) is 3.32. The molecule has 1 N–H and O–H groups in total. The van der Waals surface area contributed by atoms with Crippen LogP contribution in [0.15, 0.2) is 57.1 Å². The molecule has 2 aromatic carbocycles. The molecule has 158 valence electrons. The number of fused-ring (bicyclic) bond motifs is 1. The Balaban J connectivity index is 1.36. The number of rotatable bonds is 7. The Morgan fingerprint density at radius 3 is 2.77 bits per heavy atom. The number of hydrogen-bond donors (Lipinski definition) is 1. The standard InChI is InChI=1S/C20H15FN4O5S/c21-13-5-3-12(4-6-13)15-11-31-19(22-15)23-18(26)2-1-9-24-16-8-7-14(25(28)29)10-17(16)30-20(24)27/h3-8,10-11H,1-2,9H2,(H,22,23,26). The van der Waals surface area contributed by atoms with Gasteiger partial charge < -0.3 is 9.73 Å². The molecule has 0 saturated heterocycles. The highest BCUT2D eigenvalue weighted by Gasteiger charge is 2.15. The number of hydrogen-bond acceptors (Lipinski definition) is 7. The number of anilines is 1. The van der Waals surface area contributed by atoms with Crippen molar-refractivity contribution < 1.29 is 18.5 Å². The number of carbonyl (C=O) groups excluding carboxylic acids is 1. The molecule has 0 saturated carbocycles. The lowest BCUT2D eigenvalue weighted by Gasteiger charge is -2.03. The van der Waals surface area contributed by atoms with Crippen molar-refractivity contribution in [1.29, 1.82) is 0 Å². The summed E-state index contributed by atoms with van der Waals surface area (Å²) in [6.45, 7) is 0.218. The third kappa shape index (κ3) is 4.51. The number of nitrogens with one attached hydrogen (secondary N) is 1. The Morgan fingerprint density at radius 1 is 1.26 bits per heavy atom. The lowest BCUT2D eigenvalue weighted by atomic mass is 10.2. The first kappa shape index (κ1) is 20.4. The van der Waals surface area contributed by atoms with E-state index in [1.54, 1.807) is 17.5 Å². The molecule has 1 amide bonds. The lowest BCUT2D eigenvalue weighted by molar-refractivity contribution is -0.384. The van der Waals surface area contributed by atoms with Gasteiger partial charge in [0.1, 0.15) is 5.82 Å². The van der Waals surface area contributed by atoms with Crippen LogP contribution in [-0.4, -0.2) is 20.4 Å². The molecule has 2 aromatic heterocycles. The van der Waals surface area contributed by atoms with Crippen molar-refractivity contribution in [1.82, 2.24) is 9.55 Å². The predicted octanol–water partition coefficient (Wildman–Crippen LogP) is 4.18. The predicted molar refractivity (Wildman–Crippen MR) is 113 cm³/mol. The van der Waals surface area contributed by atoms with E-state index in [9.17, 15) is 24.1 Å². The molecule has 0 aliphatic rings. The average molecular weight is 442 g/mol. The van der Waals surface area contributed by atoms with Gasteiger partial charge in [-0.05, 0) is 36.8 Å². The van der Waals surface area contributed by atoms with Crippen LogP contribution in [0, 0.1) is 15.9 Å². The first-order chi connectivity index (χ1) is 14.9. The number of nitro benzene ring substituents is 1. The fourth-order valence-corrected chi connectivity index (χ4v) is 3.78. The molecule has 2 heterocycles. The quantitative estimate of drug-likeness (QED) is 0.339. The Labute approximate surface area is 177 Å². The molecule has 0 spiro atoms. The minimum atomic E-state index is -0.639. The summed E-state index contributed by atoms with van der Waals surface area (Å²) in [5.74, 6) is -1.24. The molecule has 11 heteroatoms. The van der Waals surface area contributed by atoms with Gasteiger partial charge in [0, 0.05) is 30.0 Å². The van der Waals surface area contributed by atoms with Gasteiger partial charge in [0.25, 0.3) is 5.69 Å². The maximum atomic E-state index is 13.0. The molecule has 4 aromatic rings. The number of carbonyl (C=O) groups is 1. The zero-order chi connectivity index (χ0) is 22.0. The van der Waals surface area contributed by atoms with E-state index in [2.05, 4.69) is 10.3 Å². The Kier molecular flexibility index (Phi) is 5.58. The van der Waals surface area contributed by atoms with E-state index >= 15 is 0 Å².